The highest BCUT2D eigenvalue weighted by Crippen LogP contribution is 2.31. The first kappa shape index (κ1) is 32.4. The lowest BCUT2D eigenvalue weighted by atomic mass is 10.1. The molecule has 0 aliphatic heterocycles. The maximum atomic E-state index is 13.6. The van der Waals surface area contributed by atoms with Crippen molar-refractivity contribution >= 4 is 27.3 Å². The molecule has 41 heavy (non-hydrogen) atoms. The van der Waals surface area contributed by atoms with Crippen molar-refractivity contribution < 1.29 is 40.6 Å². The molecular weight excluding hydrogens is 581 g/mol. The van der Waals surface area contributed by atoms with Gasteiger partial charge in [-0.25, -0.2) is 8.42 Å². The minimum atomic E-state index is -4.72. The Bertz CT molecular complexity index is 1380. The molecule has 0 aliphatic rings. The van der Waals surface area contributed by atoms with Crippen molar-refractivity contribution in [3.05, 3.63) is 76.0 Å². The highest BCUT2D eigenvalue weighted by Gasteiger charge is 2.34. The molecular formula is C28H33F3N2O6S2. The Morgan fingerprint density at radius 1 is 0.951 bits per heavy atom. The SMILES string of the molecule is COCCCN(CC(=O)N(CCc1ccc(OC)c(OC)c1)Cc1cccs1)S(=O)(=O)c1cccc(C(F)(F)F)c1. The summed E-state index contributed by atoms with van der Waals surface area (Å²) < 4.78 is 83.6. The van der Waals surface area contributed by atoms with Crippen LogP contribution in [0.2, 0.25) is 0 Å². The number of alkyl halides is 3. The lowest BCUT2D eigenvalue weighted by Gasteiger charge is -2.27. The summed E-state index contributed by atoms with van der Waals surface area (Å²) in [4.78, 5) is 15.5. The van der Waals surface area contributed by atoms with Crippen LogP contribution in [-0.4, -0.2) is 71.1 Å². The van der Waals surface area contributed by atoms with Gasteiger partial charge in [0, 0.05) is 31.7 Å². The van der Waals surface area contributed by atoms with Gasteiger partial charge in [0.25, 0.3) is 0 Å². The van der Waals surface area contributed by atoms with E-state index in [1.54, 1.807) is 11.0 Å². The third-order valence-corrected chi connectivity index (χ3v) is 8.97. The lowest BCUT2D eigenvalue weighted by molar-refractivity contribution is -0.137. The zero-order valence-electron chi connectivity index (χ0n) is 23.0. The summed E-state index contributed by atoms with van der Waals surface area (Å²) in [5.74, 6) is 0.624. The maximum absolute atomic E-state index is 13.6. The Hall–Kier alpha value is -3.13. The molecule has 0 aliphatic carbocycles. The van der Waals surface area contributed by atoms with Crippen molar-refractivity contribution in [3.63, 3.8) is 0 Å². The van der Waals surface area contributed by atoms with Crippen molar-refractivity contribution in [3.8, 4) is 11.5 Å². The average Bonchev–Trinajstić information content (AvgIpc) is 3.47. The topological polar surface area (TPSA) is 85.4 Å². The number of nitrogens with zero attached hydrogens (tertiary/aromatic N) is 2. The molecule has 1 heterocycles. The van der Waals surface area contributed by atoms with Crippen LogP contribution in [0.15, 0.2) is 64.9 Å². The standard InChI is InChI=1S/C28H33F3N2O6S2/c1-37-15-6-13-33(41(35,36)24-9-4-7-22(18-24)28(29,30)31)20-27(34)32(19-23-8-5-16-40-23)14-12-21-10-11-25(38-2)26(17-21)39-3/h4-5,7-11,16-18H,6,12-15,19-20H2,1-3H3. The zero-order chi connectivity index (χ0) is 30.0. The summed E-state index contributed by atoms with van der Waals surface area (Å²) in [6.07, 6.45) is -4.02. The quantitative estimate of drug-likeness (QED) is 0.222. The molecule has 224 valence electrons. The summed E-state index contributed by atoms with van der Waals surface area (Å²) in [5, 5.41) is 1.88. The molecule has 0 unspecified atom stereocenters. The number of rotatable bonds is 15. The molecule has 0 atom stereocenters. The van der Waals surface area contributed by atoms with Gasteiger partial charge in [0.2, 0.25) is 15.9 Å². The van der Waals surface area contributed by atoms with Crippen LogP contribution >= 0.6 is 11.3 Å². The number of methoxy groups -OCH3 is 3. The van der Waals surface area contributed by atoms with Crippen LogP contribution < -0.4 is 9.47 Å². The molecule has 0 radical (unpaired) electrons. The molecule has 0 saturated heterocycles. The molecule has 0 spiro atoms. The normalized spacial score (nSPS) is 12.0. The smallest absolute Gasteiger partial charge is 0.416 e. The van der Waals surface area contributed by atoms with Gasteiger partial charge in [-0.2, -0.15) is 17.5 Å². The second kappa shape index (κ2) is 14.7. The second-order valence-electron chi connectivity index (χ2n) is 9.04. The number of benzene rings is 2. The minimum Gasteiger partial charge on any atom is -0.493 e. The van der Waals surface area contributed by atoms with E-state index < -0.39 is 39.1 Å². The minimum absolute atomic E-state index is 0.110. The first-order valence-corrected chi connectivity index (χ1v) is 15.0. The summed E-state index contributed by atoms with van der Waals surface area (Å²) in [5.41, 5.74) is -0.212. The van der Waals surface area contributed by atoms with Crippen molar-refractivity contribution in [1.29, 1.82) is 0 Å². The van der Waals surface area contributed by atoms with Gasteiger partial charge < -0.3 is 19.1 Å². The van der Waals surface area contributed by atoms with E-state index in [0.717, 1.165) is 32.9 Å². The Morgan fingerprint density at radius 2 is 1.71 bits per heavy atom. The van der Waals surface area contributed by atoms with Crippen LogP contribution in [-0.2, 0) is 38.7 Å². The maximum Gasteiger partial charge on any atom is 0.416 e. The van der Waals surface area contributed by atoms with Crippen molar-refractivity contribution in [2.24, 2.45) is 0 Å². The largest absolute Gasteiger partial charge is 0.493 e. The first-order chi connectivity index (χ1) is 19.5. The van der Waals surface area contributed by atoms with E-state index in [0.29, 0.717) is 24.0 Å². The first-order valence-electron chi connectivity index (χ1n) is 12.7. The monoisotopic (exact) mass is 614 g/mol. The Kier molecular flexibility index (Phi) is 11.6. The number of ether oxygens (including phenoxy) is 3. The van der Waals surface area contributed by atoms with Crippen LogP contribution in [0.4, 0.5) is 13.2 Å². The van der Waals surface area contributed by atoms with Crippen molar-refractivity contribution in [2.45, 2.75) is 30.5 Å². The molecule has 8 nitrogen and oxygen atoms in total. The summed E-state index contributed by atoms with van der Waals surface area (Å²) in [6, 6.07) is 12.7. The van der Waals surface area contributed by atoms with Gasteiger partial charge in [-0.05, 0) is 60.2 Å². The highest BCUT2D eigenvalue weighted by molar-refractivity contribution is 7.89. The molecule has 0 bridgehead atoms. The van der Waals surface area contributed by atoms with Crippen LogP contribution in [0.3, 0.4) is 0 Å². The molecule has 2 aromatic carbocycles. The fourth-order valence-electron chi connectivity index (χ4n) is 4.09. The summed E-state index contributed by atoms with van der Waals surface area (Å²) >= 11 is 1.46. The van der Waals surface area contributed by atoms with Crippen molar-refractivity contribution in [2.75, 3.05) is 47.6 Å². The second-order valence-corrected chi connectivity index (χ2v) is 12.0. The van der Waals surface area contributed by atoms with Gasteiger partial charge in [-0.15, -0.1) is 11.3 Å². The molecule has 0 fully saturated rings. The fraction of sp³-hybridized carbons (Fsp3) is 0.393. The predicted octanol–water partition coefficient (Wildman–Crippen LogP) is 5.08. The molecule has 0 saturated carbocycles. The van der Waals surface area contributed by atoms with E-state index >= 15 is 0 Å². The van der Waals surface area contributed by atoms with E-state index in [-0.39, 0.29) is 32.7 Å². The lowest BCUT2D eigenvalue weighted by Crippen LogP contribution is -2.43. The number of carbonyl (C=O) groups excluding carboxylic acids is 1. The van der Waals surface area contributed by atoms with Crippen LogP contribution in [0, 0.1) is 0 Å². The van der Waals surface area contributed by atoms with Gasteiger partial charge in [0.05, 0.1) is 37.8 Å². The van der Waals surface area contributed by atoms with Crippen LogP contribution in [0.5, 0.6) is 11.5 Å². The zero-order valence-corrected chi connectivity index (χ0v) is 24.7. The number of hydrogen-bond acceptors (Lipinski definition) is 7. The molecule has 3 aromatic rings. The Morgan fingerprint density at radius 3 is 2.34 bits per heavy atom. The fourth-order valence-corrected chi connectivity index (χ4v) is 6.28. The number of sulfonamides is 1. The number of thiophene rings is 1. The van der Waals surface area contributed by atoms with Crippen LogP contribution in [0.25, 0.3) is 0 Å². The highest BCUT2D eigenvalue weighted by atomic mass is 32.2. The molecule has 0 N–H and O–H groups in total. The van der Waals surface area contributed by atoms with E-state index in [9.17, 15) is 26.4 Å². The average molecular weight is 615 g/mol. The summed E-state index contributed by atoms with van der Waals surface area (Å²) in [7, 11) is 0.0734. The molecule has 13 heteroatoms. The van der Waals surface area contributed by atoms with Gasteiger partial charge in [-0.3, -0.25) is 4.79 Å². The van der Waals surface area contributed by atoms with Crippen molar-refractivity contribution in [1.82, 2.24) is 9.21 Å². The molecule has 1 amide bonds. The number of hydrogen-bond donors (Lipinski definition) is 0. The predicted molar refractivity (Wildman–Crippen MR) is 150 cm³/mol. The van der Waals surface area contributed by atoms with E-state index in [4.69, 9.17) is 14.2 Å². The third kappa shape index (κ3) is 8.93. The third-order valence-electron chi connectivity index (χ3n) is 6.26. The van der Waals surface area contributed by atoms with E-state index in [1.807, 2.05) is 29.6 Å². The van der Waals surface area contributed by atoms with Gasteiger partial charge in [-0.1, -0.05) is 18.2 Å². The van der Waals surface area contributed by atoms with E-state index in [1.165, 1.54) is 32.7 Å². The number of amides is 1. The van der Waals surface area contributed by atoms with Gasteiger partial charge in [0.1, 0.15) is 0 Å². The summed E-state index contributed by atoms with van der Waals surface area (Å²) in [6.45, 7) is 0.0718. The molecule has 1 aromatic heterocycles. The number of carbonyl (C=O) groups is 1. The Labute approximate surface area is 242 Å². The van der Waals surface area contributed by atoms with E-state index in [2.05, 4.69) is 0 Å². The number of halogens is 3. The Balaban J connectivity index is 1.87. The van der Waals surface area contributed by atoms with Crippen LogP contribution in [0.1, 0.15) is 22.4 Å². The molecule has 3 rings (SSSR count). The van der Waals surface area contributed by atoms with Gasteiger partial charge in [0.15, 0.2) is 11.5 Å². The van der Waals surface area contributed by atoms with Gasteiger partial charge >= 0.3 is 6.18 Å².